The molecule has 0 aliphatic heterocycles. The Hall–Kier alpha value is -2.30. The molecule has 5 heteroatoms. The molecule has 0 unspecified atom stereocenters. The third-order valence-electron chi connectivity index (χ3n) is 3.30. The molecule has 1 aromatic heterocycles. The van der Waals surface area contributed by atoms with Crippen LogP contribution in [0.3, 0.4) is 0 Å². The highest BCUT2D eigenvalue weighted by molar-refractivity contribution is 5.74. The Morgan fingerprint density at radius 2 is 2.09 bits per heavy atom. The van der Waals surface area contributed by atoms with Crippen LogP contribution < -0.4 is 5.75 Å². The summed E-state index contributed by atoms with van der Waals surface area (Å²) in [5.74, 6) is 1.18. The van der Waals surface area contributed by atoms with Crippen LogP contribution in [0.15, 0.2) is 44.4 Å². The van der Waals surface area contributed by atoms with E-state index >= 15 is 0 Å². The first kappa shape index (κ1) is 17.1. The van der Waals surface area contributed by atoms with E-state index in [1.165, 1.54) is 6.26 Å². The summed E-state index contributed by atoms with van der Waals surface area (Å²) in [6, 6.07) is 7.38. The van der Waals surface area contributed by atoms with Gasteiger partial charge in [0.25, 0.3) is 0 Å². The minimum Gasteiger partial charge on any atom is -0.465 e. The first-order chi connectivity index (χ1) is 11.0. The number of rotatable bonds is 7. The number of hydrogen-bond donors (Lipinski definition) is 0. The first-order valence-electron chi connectivity index (χ1n) is 7.88. The summed E-state index contributed by atoms with van der Waals surface area (Å²) in [6.45, 7) is 6.55. The molecule has 0 spiro atoms. The van der Waals surface area contributed by atoms with Crippen LogP contribution >= 0.6 is 0 Å². The lowest BCUT2D eigenvalue weighted by atomic mass is 10.1. The highest BCUT2D eigenvalue weighted by atomic mass is 16.5. The van der Waals surface area contributed by atoms with Gasteiger partial charge in [0.2, 0.25) is 0 Å². The fraction of sp³-hybridized carbons (Fsp3) is 0.444. The van der Waals surface area contributed by atoms with Gasteiger partial charge in [-0.05, 0) is 37.3 Å². The summed E-state index contributed by atoms with van der Waals surface area (Å²) in [5.41, 5.74) is 1.43. The van der Waals surface area contributed by atoms with Gasteiger partial charge in [0, 0.05) is 0 Å². The number of hydrogen-bond acceptors (Lipinski definition) is 5. The Labute approximate surface area is 136 Å². The lowest BCUT2D eigenvalue weighted by Crippen LogP contribution is -2.10. The van der Waals surface area contributed by atoms with Crippen LogP contribution in [-0.4, -0.2) is 12.6 Å². The molecule has 2 aromatic rings. The summed E-state index contributed by atoms with van der Waals surface area (Å²) >= 11 is 0. The Bertz CT molecular complexity index is 697. The highest BCUT2D eigenvalue weighted by Gasteiger charge is 2.09. The van der Waals surface area contributed by atoms with Crippen LogP contribution in [0.5, 0.6) is 0 Å². The molecule has 0 radical (unpaired) electrons. The van der Waals surface area contributed by atoms with Gasteiger partial charge in [-0.3, -0.25) is 4.79 Å². The van der Waals surface area contributed by atoms with Crippen LogP contribution in [0.1, 0.15) is 38.0 Å². The van der Waals surface area contributed by atoms with Crippen LogP contribution in [0.4, 0.5) is 5.69 Å². The van der Waals surface area contributed by atoms with E-state index < -0.39 is 0 Å². The molecule has 0 aliphatic rings. The number of benzene rings is 1. The summed E-state index contributed by atoms with van der Waals surface area (Å²) in [5, 5.41) is 0. The molecule has 0 saturated heterocycles. The van der Waals surface area contributed by atoms with Gasteiger partial charge in [-0.15, -0.1) is 0 Å². The average molecular weight is 317 g/mol. The molecular weight excluding hydrogens is 294 g/mol. The molecule has 1 heterocycles. The molecule has 2 rings (SSSR count). The summed E-state index contributed by atoms with van der Waals surface area (Å²) in [4.78, 5) is 16.2. The molecule has 1 aromatic carbocycles. The van der Waals surface area contributed by atoms with Gasteiger partial charge in [-0.2, -0.15) is 4.99 Å². The second kappa shape index (κ2) is 8.36. The van der Waals surface area contributed by atoms with E-state index in [4.69, 9.17) is 13.6 Å². The normalized spacial score (nSPS) is 11.9. The second-order valence-corrected chi connectivity index (χ2v) is 5.89. The van der Waals surface area contributed by atoms with Gasteiger partial charge in [0.05, 0.1) is 18.7 Å². The smallest absolute Gasteiger partial charge is 0.399 e. The maximum atomic E-state index is 12.0. The quantitative estimate of drug-likeness (QED) is 0.573. The Morgan fingerprint density at radius 3 is 2.78 bits per heavy atom. The monoisotopic (exact) mass is 317 g/mol. The molecule has 5 nitrogen and oxygen atoms in total. The van der Waals surface area contributed by atoms with Crippen molar-refractivity contribution < 1.29 is 18.4 Å². The van der Waals surface area contributed by atoms with Crippen LogP contribution in [0.25, 0.3) is 0 Å². The van der Waals surface area contributed by atoms with E-state index in [0.717, 1.165) is 18.4 Å². The summed E-state index contributed by atoms with van der Waals surface area (Å²) < 4.78 is 15.8. The number of aryl methyl sites for hydroxylation is 1. The van der Waals surface area contributed by atoms with Crippen molar-refractivity contribution in [2.24, 2.45) is 10.9 Å². The van der Waals surface area contributed by atoms with Crippen molar-refractivity contribution in [3.05, 3.63) is 47.6 Å². The molecule has 0 amide bonds. The predicted octanol–water partition coefficient (Wildman–Crippen LogP) is 3.94. The van der Waals surface area contributed by atoms with Crippen molar-refractivity contribution in [3.63, 3.8) is 0 Å². The van der Waals surface area contributed by atoms with E-state index in [2.05, 4.69) is 18.8 Å². The Kier molecular flexibility index (Phi) is 6.20. The van der Waals surface area contributed by atoms with E-state index in [1.807, 2.05) is 24.3 Å². The maximum Gasteiger partial charge on any atom is 0.399 e. The summed E-state index contributed by atoms with van der Waals surface area (Å²) in [6.07, 6.45) is 3.62. The van der Waals surface area contributed by atoms with Crippen molar-refractivity contribution >= 4 is 11.7 Å². The molecule has 0 atom stereocenters. The summed E-state index contributed by atoms with van der Waals surface area (Å²) in [7, 11) is 0. The zero-order valence-electron chi connectivity index (χ0n) is 13.9. The number of ether oxygens (including phenoxy) is 1. The molecule has 0 aliphatic carbocycles. The third kappa shape index (κ3) is 5.77. The maximum absolute atomic E-state index is 12.0. The Morgan fingerprint density at radius 1 is 1.30 bits per heavy atom. The number of carbonyl (C=O) groups excluding carboxylic acids is 1. The number of nitrogens with zero attached hydrogens (tertiary/aromatic N) is 1. The second-order valence-electron chi connectivity index (χ2n) is 5.89. The van der Waals surface area contributed by atoms with Crippen LogP contribution in [-0.2, 0) is 16.0 Å². The molecule has 0 bridgehead atoms. The van der Waals surface area contributed by atoms with Crippen molar-refractivity contribution in [2.75, 3.05) is 6.61 Å². The van der Waals surface area contributed by atoms with Crippen molar-refractivity contribution in [3.8, 4) is 0 Å². The van der Waals surface area contributed by atoms with Gasteiger partial charge in [0.15, 0.2) is 0 Å². The van der Waals surface area contributed by atoms with Crippen molar-refractivity contribution in [1.29, 1.82) is 0 Å². The van der Waals surface area contributed by atoms with E-state index in [0.29, 0.717) is 24.0 Å². The first-order valence-corrected chi connectivity index (χ1v) is 7.88. The fourth-order valence-electron chi connectivity index (χ4n) is 2.12. The average Bonchev–Trinajstić information content (AvgIpc) is 2.91. The largest absolute Gasteiger partial charge is 0.465 e. The van der Waals surface area contributed by atoms with Gasteiger partial charge >= 0.3 is 11.7 Å². The minimum atomic E-state index is -0.246. The minimum absolute atomic E-state index is 0.167. The standard InChI is InChI=1S/C18H23NO4/c1-13(2)7-6-10-21-17(20)11-15-8-4-5-9-16(15)19-18-22-12-14(3)23-18/h4-5,8-9,12-13H,6-7,10-11H2,1-3H3. The number of para-hydroxylation sites is 1. The lowest BCUT2D eigenvalue weighted by molar-refractivity contribution is -0.143. The third-order valence-corrected chi connectivity index (χ3v) is 3.30. The lowest BCUT2D eigenvalue weighted by Gasteiger charge is -2.07. The van der Waals surface area contributed by atoms with Gasteiger partial charge in [0.1, 0.15) is 12.0 Å². The molecular formula is C18H23NO4. The molecule has 124 valence electrons. The van der Waals surface area contributed by atoms with Gasteiger partial charge < -0.3 is 13.6 Å². The van der Waals surface area contributed by atoms with Gasteiger partial charge in [-0.25, -0.2) is 0 Å². The molecule has 23 heavy (non-hydrogen) atoms. The predicted molar refractivity (Wildman–Crippen MR) is 86.1 cm³/mol. The van der Waals surface area contributed by atoms with Crippen molar-refractivity contribution in [1.82, 2.24) is 0 Å². The molecule has 0 N–H and O–H groups in total. The Balaban J connectivity index is 1.99. The molecule has 0 fully saturated rings. The molecule has 0 saturated carbocycles. The number of carbonyl (C=O) groups is 1. The zero-order valence-corrected chi connectivity index (χ0v) is 13.9. The fourth-order valence-corrected chi connectivity index (χ4v) is 2.12. The van der Waals surface area contributed by atoms with E-state index in [9.17, 15) is 4.79 Å². The SMILES string of the molecule is Cc1coc(=Nc2ccccc2CC(=O)OCCCC(C)C)o1. The topological polar surface area (TPSA) is 64.9 Å². The van der Waals surface area contributed by atoms with Crippen LogP contribution in [0.2, 0.25) is 0 Å². The van der Waals surface area contributed by atoms with Crippen LogP contribution in [0, 0.1) is 12.8 Å². The highest BCUT2D eigenvalue weighted by Crippen LogP contribution is 2.19. The number of esters is 1. The van der Waals surface area contributed by atoms with E-state index in [1.54, 1.807) is 6.92 Å². The van der Waals surface area contributed by atoms with Gasteiger partial charge in [-0.1, -0.05) is 32.0 Å². The van der Waals surface area contributed by atoms with E-state index in [-0.39, 0.29) is 18.1 Å². The zero-order chi connectivity index (χ0) is 16.7. The van der Waals surface area contributed by atoms with Crippen molar-refractivity contribution in [2.45, 2.75) is 40.0 Å².